The number of nitrogens with one attached hydrogen (secondary N) is 1. The van der Waals surface area contributed by atoms with Crippen LogP contribution < -0.4 is 5.32 Å². The number of benzene rings is 1. The molecule has 1 rings (SSSR count). The first kappa shape index (κ1) is 15.4. The highest BCUT2D eigenvalue weighted by Crippen LogP contribution is 2.31. The summed E-state index contributed by atoms with van der Waals surface area (Å²) in [5.41, 5.74) is -0.407. The van der Waals surface area contributed by atoms with Crippen molar-refractivity contribution in [2.24, 2.45) is 0 Å². The first-order valence-corrected chi connectivity index (χ1v) is 6.22. The Bertz CT molecular complexity index is 510. The van der Waals surface area contributed by atoms with Crippen LogP contribution in [0.2, 0.25) is 0 Å². The highest BCUT2D eigenvalue weighted by atomic mass is 79.9. The van der Waals surface area contributed by atoms with E-state index in [1.807, 2.05) is 0 Å². The number of nitro benzene ring substituents is 1. The zero-order chi connectivity index (χ0) is 14.6. The second-order valence-corrected chi connectivity index (χ2v) is 4.51. The Kier molecular flexibility index (Phi) is 5.22. The summed E-state index contributed by atoms with van der Waals surface area (Å²) in [7, 11) is 0. The molecule has 8 heteroatoms. The van der Waals surface area contributed by atoms with Gasteiger partial charge in [0.05, 0.1) is 22.1 Å². The van der Waals surface area contributed by atoms with E-state index in [4.69, 9.17) is 4.74 Å². The maximum atomic E-state index is 13.3. The summed E-state index contributed by atoms with van der Waals surface area (Å²) in [6.45, 7) is 3.36. The van der Waals surface area contributed by atoms with Crippen molar-refractivity contribution in [2.45, 2.75) is 19.9 Å². The van der Waals surface area contributed by atoms with Crippen LogP contribution >= 0.6 is 15.9 Å². The molecular formula is C11H12BrFN2O4. The van der Waals surface area contributed by atoms with Crippen LogP contribution in [0.3, 0.4) is 0 Å². The molecule has 0 aromatic heterocycles. The van der Waals surface area contributed by atoms with Gasteiger partial charge >= 0.3 is 5.97 Å². The lowest BCUT2D eigenvalue weighted by atomic mass is 10.2. The fraction of sp³-hybridized carbons (Fsp3) is 0.364. The van der Waals surface area contributed by atoms with Crippen molar-refractivity contribution >= 4 is 33.3 Å². The highest BCUT2D eigenvalue weighted by molar-refractivity contribution is 9.10. The van der Waals surface area contributed by atoms with E-state index >= 15 is 0 Å². The Morgan fingerprint density at radius 2 is 2.26 bits per heavy atom. The Labute approximate surface area is 117 Å². The zero-order valence-electron chi connectivity index (χ0n) is 10.3. The summed E-state index contributed by atoms with van der Waals surface area (Å²) in [6, 6.07) is 1.21. The monoisotopic (exact) mass is 334 g/mol. The van der Waals surface area contributed by atoms with E-state index in [0.29, 0.717) is 0 Å². The fourth-order valence-electron chi connectivity index (χ4n) is 1.36. The minimum absolute atomic E-state index is 0.0406. The number of rotatable bonds is 5. The van der Waals surface area contributed by atoms with Crippen LogP contribution in [0.25, 0.3) is 0 Å². The molecule has 1 N–H and O–H groups in total. The number of carbonyl (C=O) groups is 1. The first-order chi connectivity index (χ1) is 8.86. The second-order valence-electron chi connectivity index (χ2n) is 3.66. The van der Waals surface area contributed by atoms with E-state index < -0.39 is 28.4 Å². The van der Waals surface area contributed by atoms with Crippen molar-refractivity contribution in [3.63, 3.8) is 0 Å². The van der Waals surface area contributed by atoms with Crippen LogP contribution in [0, 0.1) is 15.9 Å². The molecule has 0 spiro atoms. The van der Waals surface area contributed by atoms with E-state index in [2.05, 4.69) is 21.2 Å². The van der Waals surface area contributed by atoms with Gasteiger partial charge in [0.15, 0.2) is 0 Å². The Balaban J connectivity index is 3.03. The molecule has 0 aliphatic rings. The summed E-state index contributed by atoms with van der Waals surface area (Å²) < 4.78 is 18.1. The quantitative estimate of drug-likeness (QED) is 0.508. The number of hydrogen-bond acceptors (Lipinski definition) is 5. The van der Waals surface area contributed by atoms with Gasteiger partial charge in [-0.25, -0.2) is 9.18 Å². The Hall–Kier alpha value is -1.70. The summed E-state index contributed by atoms with van der Waals surface area (Å²) in [5.74, 6) is -1.29. The molecule has 0 amide bonds. The number of hydrogen-bond donors (Lipinski definition) is 1. The summed E-state index contributed by atoms with van der Waals surface area (Å²) >= 11 is 2.93. The van der Waals surface area contributed by atoms with Gasteiger partial charge in [0.2, 0.25) is 0 Å². The summed E-state index contributed by atoms with van der Waals surface area (Å²) in [5, 5.41) is 13.5. The largest absolute Gasteiger partial charge is 0.464 e. The molecule has 0 aliphatic heterocycles. The van der Waals surface area contributed by atoms with Gasteiger partial charge in [0.25, 0.3) is 5.69 Å². The molecule has 0 aliphatic carbocycles. The van der Waals surface area contributed by atoms with Gasteiger partial charge in [-0.15, -0.1) is 0 Å². The number of esters is 1. The van der Waals surface area contributed by atoms with Crippen LogP contribution in [-0.4, -0.2) is 23.5 Å². The number of nitro groups is 1. The van der Waals surface area contributed by atoms with Crippen LogP contribution in [0.5, 0.6) is 0 Å². The van der Waals surface area contributed by atoms with Crippen molar-refractivity contribution in [1.29, 1.82) is 0 Å². The molecule has 104 valence electrons. The third-order valence-electron chi connectivity index (χ3n) is 2.25. The maximum Gasteiger partial charge on any atom is 0.328 e. The van der Waals surface area contributed by atoms with Crippen molar-refractivity contribution in [3.05, 3.63) is 32.5 Å². The summed E-state index contributed by atoms with van der Waals surface area (Å²) in [6.07, 6.45) is 0. The van der Waals surface area contributed by atoms with Crippen molar-refractivity contribution in [1.82, 2.24) is 0 Å². The van der Waals surface area contributed by atoms with E-state index in [-0.39, 0.29) is 16.8 Å². The van der Waals surface area contributed by atoms with Crippen LogP contribution in [0.1, 0.15) is 13.8 Å². The Morgan fingerprint density at radius 3 is 2.79 bits per heavy atom. The van der Waals surface area contributed by atoms with Crippen molar-refractivity contribution in [2.75, 3.05) is 11.9 Å². The van der Waals surface area contributed by atoms with E-state index in [1.165, 1.54) is 13.0 Å². The van der Waals surface area contributed by atoms with E-state index in [1.54, 1.807) is 6.92 Å². The minimum Gasteiger partial charge on any atom is -0.464 e. The molecule has 19 heavy (non-hydrogen) atoms. The van der Waals surface area contributed by atoms with Gasteiger partial charge in [-0.3, -0.25) is 10.1 Å². The third kappa shape index (κ3) is 3.88. The third-order valence-corrected chi connectivity index (χ3v) is 2.86. The predicted molar refractivity (Wildman–Crippen MR) is 70.5 cm³/mol. The molecule has 0 saturated heterocycles. The standard InChI is InChI=1S/C11H12BrFN2O4/c1-3-19-11(16)6(2)14-9-4-7(12)8(13)5-10(9)15(17)18/h4-6,14H,3H2,1-2H3. The van der Waals surface area contributed by atoms with Crippen molar-refractivity contribution in [3.8, 4) is 0 Å². The smallest absolute Gasteiger partial charge is 0.328 e. The number of carbonyl (C=O) groups excluding carboxylic acids is 1. The molecule has 0 saturated carbocycles. The minimum atomic E-state index is -0.781. The topological polar surface area (TPSA) is 81.5 Å². The molecule has 0 fully saturated rings. The van der Waals surface area contributed by atoms with Gasteiger partial charge in [0.1, 0.15) is 17.5 Å². The average Bonchev–Trinajstić information content (AvgIpc) is 2.33. The van der Waals surface area contributed by atoms with Crippen LogP contribution in [0.15, 0.2) is 16.6 Å². The van der Waals surface area contributed by atoms with E-state index in [0.717, 1.165) is 6.07 Å². The molecule has 1 aromatic carbocycles. The molecule has 0 radical (unpaired) electrons. The number of anilines is 1. The van der Waals surface area contributed by atoms with E-state index in [9.17, 15) is 19.3 Å². The van der Waals surface area contributed by atoms with Gasteiger partial charge in [-0.05, 0) is 35.8 Å². The molecule has 1 aromatic rings. The number of halogens is 2. The Morgan fingerprint density at radius 1 is 1.63 bits per heavy atom. The molecule has 1 atom stereocenters. The van der Waals surface area contributed by atoms with Gasteiger partial charge in [-0.2, -0.15) is 0 Å². The summed E-state index contributed by atoms with van der Waals surface area (Å²) in [4.78, 5) is 21.5. The first-order valence-electron chi connectivity index (χ1n) is 5.43. The van der Waals surface area contributed by atoms with Crippen LogP contribution in [0.4, 0.5) is 15.8 Å². The maximum absolute atomic E-state index is 13.3. The van der Waals surface area contributed by atoms with Gasteiger partial charge < -0.3 is 10.1 Å². The predicted octanol–water partition coefficient (Wildman–Crippen LogP) is 2.86. The molecule has 0 bridgehead atoms. The average molecular weight is 335 g/mol. The molecule has 1 unspecified atom stereocenters. The fourth-order valence-corrected chi connectivity index (χ4v) is 1.71. The number of nitrogens with zero attached hydrogens (tertiary/aromatic N) is 1. The lowest BCUT2D eigenvalue weighted by molar-refractivity contribution is -0.384. The van der Waals surface area contributed by atoms with Gasteiger partial charge in [0, 0.05) is 0 Å². The molecule has 6 nitrogen and oxygen atoms in total. The molecular weight excluding hydrogens is 323 g/mol. The normalized spacial score (nSPS) is 11.8. The lowest BCUT2D eigenvalue weighted by Crippen LogP contribution is -2.28. The van der Waals surface area contributed by atoms with Crippen molar-refractivity contribution < 1.29 is 18.8 Å². The SMILES string of the molecule is CCOC(=O)C(C)Nc1cc(Br)c(F)cc1[N+](=O)[O-]. The zero-order valence-corrected chi connectivity index (χ0v) is 11.9. The number of ether oxygens (including phenoxy) is 1. The second kappa shape index (κ2) is 6.46. The van der Waals surface area contributed by atoms with Gasteiger partial charge in [-0.1, -0.05) is 0 Å². The van der Waals surface area contributed by atoms with Crippen LogP contribution in [-0.2, 0) is 9.53 Å². The molecule has 0 heterocycles. The lowest BCUT2D eigenvalue weighted by Gasteiger charge is -2.14. The highest BCUT2D eigenvalue weighted by Gasteiger charge is 2.22.